The minimum atomic E-state index is -3.91. The molecule has 2 rings (SSSR count). The number of hydrogen-bond acceptors (Lipinski definition) is 4. The van der Waals surface area contributed by atoms with E-state index in [2.05, 4.69) is 4.72 Å². The maximum absolute atomic E-state index is 12.1. The molecule has 1 aromatic carbocycles. The lowest BCUT2D eigenvalue weighted by Crippen LogP contribution is -2.14. The number of anilines is 1. The van der Waals surface area contributed by atoms with Crippen molar-refractivity contribution in [3.05, 3.63) is 45.6 Å². The monoisotopic (exact) mass is 317 g/mol. The van der Waals surface area contributed by atoms with Gasteiger partial charge in [-0.05, 0) is 23.6 Å². The van der Waals surface area contributed by atoms with E-state index in [1.54, 1.807) is 6.07 Å². The number of rotatable bonds is 4. The predicted octanol–water partition coefficient (Wildman–Crippen LogP) is 2.90. The number of carbonyl (C=O) groups is 1. The van der Waals surface area contributed by atoms with Gasteiger partial charge in [-0.1, -0.05) is 23.7 Å². The zero-order valence-electron chi connectivity index (χ0n) is 9.33. The van der Waals surface area contributed by atoms with Crippen LogP contribution in [0.2, 0.25) is 5.02 Å². The summed E-state index contributed by atoms with van der Waals surface area (Å²) in [6, 6.07) is 7.32. The zero-order valence-corrected chi connectivity index (χ0v) is 11.7. The number of carboxylic acids is 1. The van der Waals surface area contributed by atoms with E-state index in [0.717, 1.165) is 11.3 Å². The molecule has 0 atom stereocenters. The summed E-state index contributed by atoms with van der Waals surface area (Å²) in [6.45, 7) is 0. The third-order valence-electron chi connectivity index (χ3n) is 2.23. The molecule has 0 saturated heterocycles. The van der Waals surface area contributed by atoms with Crippen molar-refractivity contribution in [1.82, 2.24) is 0 Å². The van der Waals surface area contributed by atoms with E-state index >= 15 is 0 Å². The first kappa shape index (κ1) is 13.9. The largest absolute Gasteiger partial charge is 0.477 e. The summed E-state index contributed by atoms with van der Waals surface area (Å²) in [5.41, 5.74) is 0.0254. The summed E-state index contributed by atoms with van der Waals surface area (Å²) in [4.78, 5) is 10.8. The van der Waals surface area contributed by atoms with E-state index in [4.69, 9.17) is 16.7 Å². The fourth-order valence-electron chi connectivity index (χ4n) is 1.42. The van der Waals surface area contributed by atoms with Crippen LogP contribution in [0.3, 0.4) is 0 Å². The predicted molar refractivity (Wildman–Crippen MR) is 73.5 cm³/mol. The number of benzene rings is 1. The summed E-state index contributed by atoms with van der Waals surface area (Å²) in [6.07, 6.45) is 0. The molecular weight excluding hydrogens is 310 g/mol. The van der Waals surface area contributed by atoms with Crippen molar-refractivity contribution >= 4 is 44.6 Å². The second-order valence-corrected chi connectivity index (χ2v) is 6.48. The Hall–Kier alpha value is -1.57. The van der Waals surface area contributed by atoms with Crippen LogP contribution in [0.1, 0.15) is 9.67 Å². The van der Waals surface area contributed by atoms with E-state index in [9.17, 15) is 13.2 Å². The second-order valence-electron chi connectivity index (χ2n) is 3.50. The van der Waals surface area contributed by atoms with Crippen LogP contribution in [0.25, 0.3) is 0 Å². The zero-order chi connectivity index (χ0) is 14.0. The van der Waals surface area contributed by atoms with Gasteiger partial charge in [-0.3, -0.25) is 4.72 Å². The van der Waals surface area contributed by atoms with Crippen LogP contribution in [-0.2, 0) is 10.0 Å². The number of thiophene rings is 1. The Labute approximate surface area is 118 Å². The second kappa shape index (κ2) is 5.20. The third kappa shape index (κ3) is 2.89. The quantitative estimate of drug-likeness (QED) is 0.908. The van der Waals surface area contributed by atoms with Gasteiger partial charge in [0.15, 0.2) is 0 Å². The standard InChI is InChI=1S/C11H8ClNO4S2/c12-7-3-1-2-4-9(7)19(16,17)13-8-5-6-18-10(8)11(14)15/h1-6,13H,(H,14,15). The Bertz CT molecular complexity index is 724. The lowest BCUT2D eigenvalue weighted by atomic mass is 10.4. The average Bonchev–Trinajstić information content (AvgIpc) is 2.76. The number of aromatic carboxylic acids is 1. The maximum Gasteiger partial charge on any atom is 0.348 e. The van der Waals surface area contributed by atoms with Crippen molar-refractivity contribution in [3.63, 3.8) is 0 Å². The van der Waals surface area contributed by atoms with Crippen LogP contribution in [0.4, 0.5) is 5.69 Å². The topological polar surface area (TPSA) is 83.5 Å². The minimum absolute atomic E-state index is 0.0254. The highest BCUT2D eigenvalue weighted by atomic mass is 35.5. The lowest BCUT2D eigenvalue weighted by molar-refractivity contribution is 0.0703. The van der Waals surface area contributed by atoms with Crippen LogP contribution >= 0.6 is 22.9 Å². The van der Waals surface area contributed by atoms with Crippen molar-refractivity contribution in [3.8, 4) is 0 Å². The highest BCUT2D eigenvalue weighted by Crippen LogP contribution is 2.27. The van der Waals surface area contributed by atoms with Crippen LogP contribution in [0.5, 0.6) is 0 Å². The number of halogens is 1. The molecular formula is C11H8ClNO4S2. The van der Waals surface area contributed by atoms with Crippen molar-refractivity contribution < 1.29 is 18.3 Å². The summed E-state index contributed by atoms with van der Waals surface area (Å²) in [5, 5.41) is 10.5. The molecule has 19 heavy (non-hydrogen) atoms. The van der Waals surface area contributed by atoms with Crippen LogP contribution in [-0.4, -0.2) is 19.5 Å². The van der Waals surface area contributed by atoms with E-state index in [0.29, 0.717) is 0 Å². The van der Waals surface area contributed by atoms with Crippen molar-refractivity contribution in [1.29, 1.82) is 0 Å². The van der Waals surface area contributed by atoms with Gasteiger partial charge in [0, 0.05) is 0 Å². The number of carboxylic acid groups (broad SMARTS) is 1. The molecule has 2 aromatic rings. The van der Waals surface area contributed by atoms with Crippen molar-refractivity contribution in [2.24, 2.45) is 0 Å². The molecule has 0 amide bonds. The molecule has 0 aliphatic heterocycles. The summed E-state index contributed by atoms with van der Waals surface area (Å²) in [5.74, 6) is -1.19. The number of hydrogen-bond donors (Lipinski definition) is 2. The molecule has 0 fully saturated rings. The van der Waals surface area contributed by atoms with Crippen LogP contribution in [0, 0.1) is 0 Å². The van der Waals surface area contributed by atoms with Gasteiger partial charge in [-0.15, -0.1) is 11.3 Å². The fourth-order valence-corrected chi connectivity index (χ4v) is 3.76. The molecule has 0 spiro atoms. The van der Waals surface area contributed by atoms with Gasteiger partial charge in [0.05, 0.1) is 10.7 Å². The number of sulfonamides is 1. The maximum atomic E-state index is 12.1. The molecule has 100 valence electrons. The highest BCUT2D eigenvalue weighted by Gasteiger charge is 2.21. The van der Waals surface area contributed by atoms with Crippen LogP contribution < -0.4 is 4.72 Å². The first-order valence-corrected chi connectivity index (χ1v) is 7.74. The van der Waals surface area contributed by atoms with Gasteiger partial charge >= 0.3 is 5.97 Å². The lowest BCUT2D eigenvalue weighted by Gasteiger charge is -2.08. The van der Waals surface area contributed by atoms with E-state index in [-0.39, 0.29) is 20.5 Å². The Morgan fingerprint density at radius 1 is 1.26 bits per heavy atom. The first-order valence-electron chi connectivity index (χ1n) is 5.00. The van der Waals surface area contributed by atoms with Gasteiger partial charge in [-0.25, -0.2) is 13.2 Å². The SMILES string of the molecule is O=C(O)c1sccc1NS(=O)(=O)c1ccccc1Cl. The molecule has 2 N–H and O–H groups in total. The molecule has 1 heterocycles. The molecule has 0 saturated carbocycles. The summed E-state index contributed by atoms with van der Waals surface area (Å²) in [7, 11) is -3.91. The molecule has 8 heteroatoms. The van der Waals surface area contributed by atoms with Gasteiger partial charge < -0.3 is 5.11 Å². The molecule has 1 aromatic heterocycles. The first-order chi connectivity index (χ1) is 8.92. The molecule has 0 aliphatic carbocycles. The summed E-state index contributed by atoms with van der Waals surface area (Å²) >= 11 is 6.76. The Morgan fingerprint density at radius 2 is 1.95 bits per heavy atom. The molecule has 0 radical (unpaired) electrons. The van der Waals surface area contributed by atoms with E-state index in [1.165, 1.54) is 29.6 Å². The number of nitrogens with one attached hydrogen (secondary N) is 1. The Kier molecular flexibility index (Phi) is 3.79. The normalized spacial score (nSPS) is 11.2. The van der Waals surface area contributed by atoms with Gasteiger partial charge in [-0.2, -0.15) is 0 Å². The Morgan fingerprint density at radius 3 is 2.58 bits per heavy atom. The fraction of sp³-hybridized carbons (Fsp3) is 0. The molecule has 0 unspecified atom stereocenters. The highest BCUT2D eigenvalue weighted by molar-refractivity contribution is 7.92. The third-order valence-corrected chi connectivity index (χ3v) is 5.00. The van der Waals surface area contributed by atoms with Gasteiger partial charge in [0.1, 0.15) is 9.77 Å². The van der Waals surface area contributed by atoms with Gasteiger partial charge in [0.25, 0.3) is 10.0 Å². The van der Waals surface area contributed by atoms with E-state index in [1.807, 2.05) is 0 Å². The molecule has 0 aliphatic rings. The minimum Gasteiger partial charge on any atom is -0.477 e. The van der Waals surface area contributed by atoms with Gasteiger partial charge in [0.2, 0.25) is 0 Å². The average molecular weight is 318 g/mol. The van der Waals surface area contributed by atoms with Crippen molar-refractivity contribution in [2.45, 2.75) is 4.90 Å². The molecule has 5 nitrogen and oxygen atoms in total. The smallest absolute Gasteiger partial charge is 0.348 e. The summed E-state index contributed by atoms with van der Waals surface area (Å²) < 4.78 is 26.4. The van der Waals surface area contributed by atoms with Crippen LogP contribution in [0.15, 0.2) is 40.6 Å². The Balaban J connectivity index is 2.40. The van der Waals surface area contributed by atoms with Crippen molar-refractivity contribution in [2.75, 3.05) is 4.72 Å². The van der Waals surface area contributed by atoms with E-state index < -0.39 is 16.0 Å². The molecule has 0 bridgehead atoms.